The van der Waals surface area contributed by atoms with E-state index in [1.165, 1.54) is 96.2 Å². The molecule has 0 amide bonds. The first-order valence-electron chi connectivity index (χ1n) is 19.5. The van der Waals surface area contributed by atoms with Gasteiger partial charge in [-0.05, 0) is 98.3 Å². The fourth-order valence-corrected chi connectivity index (χ4v) is 8.77. The molecular formula is C46H57F3IrNO2-. The van der Waals surface area contributed by atoms with Crippen molar-refractivity contribution in [1.82, 2.24) is 4.98 Å². The summed E-state index contributed by atoms with van der Waals surface area (Å²) >= 11 is 0. The Balaban J connectivity index is 0.000000358. The summed E-state index contributed by atoms with van der Waals surface area (Å²) < 4.78 is 35.4. The molecule has 2 aliphatic carbocycles. The molecule has 1 aromatic heterocycles. The van der Waals surface area contributed by atoms with Crippen LogP contribution in [-0.4, -0.2) is 22.1 Å². The molecule has 2 aliphatic rings. The molecule has 4 aromatic rings. The number of halogens is 3. The van der Waals surface area contributed by atoms with Gasteiger partial charge in [-0.3, -0.25) is 9.78 Å². The Morgan fingerprint density at radius 3 is 2.13 bits per heavy atom. The Morgan fingerprint density at radius 2 is 1.53 bits per heavy atom. The Morgan fingerprint density at radius 1 is 0.906 bits per heavy atom. The van der Waals surface area contributed by atoms with Crippen LogP contribution >= 0.6 is 0 Å². The summed E-state index contributed by atoms with van der Waals surface area (Å²) in [4.78, 5) is 16.4. The van der Waals surface area contributed by atoms with Gasteiger partial charge in [0.05, 0.1) is 5.52 Å². The molecule has 0 spiro atoms. The number of fused-ring (bicyclic) bond motifs is 2. The molecule has 3 nitrogen and oxygen atoms in total. The smallest absolute Gasteiger partial charge is 0.448 e. The number of ketones is 1. The largest absolute Gasteiger partial charge is 0.504 e. The number of nitrogens with zero attached hydrogens (tertiary/aromatic N) is 1. The first-order chi connectivity index (χ1) is 24.6. The number of carbonyl (C=O) groups excluding carboxylic acids is 1. The van der Waals surface area contributed by atoms with Crippen LogP contribution in [0.5, 0.6) is 0 Å². The van der Waals surface area contributed by atoms with E-state index in [2.05, 4.69) is 89.2 Å². The predicted octanol–water partition coefficient (Wildman–Crippen LogP) is 13.6. The van der Waals surface area contributed by atoms with Gasteiger partial charge in [0.2, 0.25) is 5.76 Å². The van der Waals surface area contributed by atoms with E-state index in [1.54, 1.807) is 13.8 Å². The van der Waals surface area contributed by atoms with Crippen LogP contribution in [0.3, 0.4) is 0 Å². The minimum Gasteiger partial charge on any atom is -0.504 e. The van der Waals surface area contributed by atoms with Gasteiger partial charge >= 0.3 is 6.18 Å². The zero-order chi connectivity index (χ0) is 37.8. The third-order valence-corrected chi connectivity index (χ3v) is 11.6. The number of pyridine rings is 1. The van der Waals surface area contributed by atoms with Crippen LogP contribution in [0.25, 0.3) is 32.9 Å². The SMILES string of the molecule is CCC(CC)C(=O)/C=C(\O)C(F)(F)F.Cc1cc(C)c2c(C3CCC(C4CCCCC4)CC3)cc(-c3[c-]c4ccccc4c(C(C)(C)C)c3)nc2c1.[Ir]. The van der Waals surface area contributed by atoms with E-state index in [4.69, 9.17) is 10.1 Å². The van der Waals surface area contributed by atoms with Crippen LogP contribution in [0.4, 0.5) is 13.2 Å². The maximum absolute atomic E-state index is 11.8. The van der Waals surface area contributed by atoms with E-state index < -0.39 is 23.6 Å². The van der Waals surface area contributed by atoms with Crippen molar-refractivity contribution in [3.8, 4) is 11.3 Å². The maximum Gasteiger partial charge on any atom is 0.448 e. The van der Waals surface area contributed by atoms with Crippen molar-refractivity contribution in [2.75, 3.05) is 0 Å². The van der Waals surface area contributed by atoms with E-state index >= 15 is 0 Å². The molecule has 6 rings (SSSR count). The molecule has 7 heteroatoms. The number of hydrogen-bond donors (Lipinski definition) is 1. The first-order valence-corrected chi connectivity index (χ1v) is 19.5. The van der Waals surface area contributed by atoms with Gasteiger partial charge in [0, 0.05) is 43.2 Å². The van der Waals surface area contributed by atoms with Crippen LogP contribution < -0.4 is 0 Å². The molecule has 0 aliphatic heterocycles. The summed E-state index contributed by atoms with van der Waals surface area (Å²) in [5, 5.41) is 12.4. The summed E-state index contributed by atoms with van der Waals surface area (Å²) in [5.41, 5.74) is 9.00. The van der Waals surface area contributed by atoms with E-state index in [0.29, 0.717) is 18.8 Å². The van der Waals surface area contributed by atoms with Crippen LogP contribution in [0.15, 0.2) is 60.4 Å². The van der Waals surface area contributed by atoms with Gasteiger partial charge in [0.25, 0.3) is 0 Å². The van der Waals surface area contributed by atoms with Crippen LogP contribution in [0, 0.1) is 37.7 Å². The third kappa shape index (κ3) is 10.4. The number of benzene rings is 3. The van der Waals surface area contributed by atoms with Gasteiger partial charge < -0.3 is 5.11 Å². The number of rotatable bonds is 7. The number of aliphatic hydroxyl groups excluding tert-OH is 1. The van der Waals surface area contributed by atoms with Crippen molar-refractivity contribution >= 4 is 27.5 Å². The second kappa shape index (κ2) is 18.1. The second-order valence-corrected chi connectivity index (χ2v) is 16.4. The van der Waals surface area contributed by atoms with Gasteiger partial charge in [0.1, 0.15) is 0 Å². The van der Waals surface area contributed by atoms with Crippen LogP contribution in [0.2, 0.25) is 0 Å². The Hall–Kier alpha value is -3.02. The molecule has 1 N–H and O–H groups in total. The molecule has 0 unspecified atom stereocenters. The summed E-state index contributed by atoms with van der Waals surface area (Å²) in [6.07, 6.45) is 9.13. The summed E-state index contributed by atoms with van der Waals surface area (Å²) in [5.74, 6) is -0.380. The molecule has 0 saturated heterocycles. The average Bonchev–Trinajstić information content (AvgIpc) is 3.11. The number of aryl methyl sites for hydroxylation is 2. The second-order valence-electron chi connectivity index (χ2n) is 16.4. The molecule has 1 heterocycles. The normalized spacial score (nSPS) is 18.8. The van der Waals surface area contributed by atoms with Crippen LogP contribution in [0.1, 0.15) is 133 Å². The van der Waals surface area contributed by atoms with E-state index in [-0.39, 0.29) is 31.6 Å². The quantitative estimate of drug-likeness (QED) is 0.114. The number of allylic oxidation sites excluding steroid dienone is 2. The molecule has 289 valence electrons. The first kappa shape index (κ1) is 42.7. The zero-order valence-electron chi connectivity index (χ0n) is 32.6. The third-order valence-electron chi connectivity index (χ3n) is 11.6. The van der Waals surface area contributed by atoms with E-state index in [9.17, 15) is 18.0 Å². The summed E-state index contributed by atoms with van der Waals surface area (Å²) in [6.45, 7) is 14.9. The standard InChI is InChI=1S/C37H44N.C9H13F3O2.Ir/c1-24-19-25(2)36-32(28-17-15-27(16-18-28)26-11-7-6-8-12-26)23-34(38-35(36)20-24)30-21-29-13-9-10-14-31(29)33(22-30)37(3,4)5;1-3-6(4-2)7(13)5-8(14)9(10,11)12;/h9-10,13-14,19-20,22-23,26-28H,6-8,11-12,15-18H2,1-5H3;5-6,14H,3-4H2,1-2H3;/q-1;;/b;8-5-;. The maximum atomic E-state index is 11.8. The van der Waals surface area contributed by atoms with Crippen molar-refractivity contribution in [2.45, 2.75) is 137 Å². The number of aromatic nitrogens is 1. The van der Waals surface area contributed by atoms with E-state index in [0.717, 1.165) is 28.6 Å². The van der Waals surface area contributed by atoms with Gasteiger partial charge in [-0.2, -0.15) is 13.2 Å². The zero-order valence-corrected chi connectivity index (χ0v) is 34.9. The fourth-order valence-electron chi connectivity index (χ4n) is 8.77. The molecule has 2 fully saturated rings. The predicted molar refractivity (Wildman–Crippen MR) is 209 cm³/mol. The van der Waals surface area contributed by atoms with Crippen molar-refractivity contribution < 1.29 is 43.2 Å². The van der Waals surface area contributed by atoms with Crippen molar-refractivity contribution in [3.05, 3.63) is 88.7 Å². The molecule has 0 atom stereocenters. The number of alkyl halides is 3. The van der Waals surface area contributed by atoms with Gasteiger partial charge in [-0.25, -0.2) is 0 Å². The topological polar surface area (TPSA) is 50.2 Å². The Kier molecular flexibility index (Phi) is 14.6. The van der Waals surface area contributed by atoms with Crippen LogP contribution in [-0.2, 0) is 30.3 Å². The van der Waals surface area contributed by atoms with Gasteiger partial charge in [-0.1, -0.05) is 108 Å². The van der Waals surface area contributed by atoms with Gasteiger partial charge in [-0.15, -0.1) is 29.1 Å². The minimum absolute atomic E-state index is 0. The molecule has 3 aromatic carbocycles. The Bertz CT molecular complexity index is 1890. The molecule has 1 radical (unpaired) electrons. The van der Waals surface area contributed by atoms with Gasteiger partial charge in [0.15, 0.2) is 5.78 Å². The Labute approximate surface area is 328 Å². The fraction of sp³-hybridized carbons (Fsp3) is 0.522. The van der Waals surface area contributed by atoms with Crippen molar-refractivity contribution in [2.24, 2.45) is 17.8 Å². The molecule has 53 heavy (non-hydrogen) atoms. The average molecular weight is 905 g/mol. The van der Waals surface area contributed by atoms with Crippen molar-refractivity contribution in [3.63, 3.8) is 0 Å². The number of aliphatic hydroxyl groups is 1. The number of hydrogen-bond acceptors (Lipinski definition) is 3. The van der Waals surface area contributed by atoms with E-state index in [1.807, 2.05) is 0 Å². The summed E-state index contributed by atoms with van der Waals surface area (Å²) in [6, 6.07) is 22.0. The summed E-state index contributed by atoms with van der Waals surface area (Å²) in [7, 11) is 0. The van der Waals surface area contributed by atoms with Crippen molar-refractivity contribution in [1.29, 1.82) is 0 Å². The molecule has 0 bridgehead atoms. The monoisotopic (exact) mass is 905 g/mol. The molecule has 2 saturated carbocycles. The minimum atomic E-state index is -4.83. The number of carbonyl (C=O) groups is 1. The molecular weight excluding hydrogens is 848 g/mol.